The molecule has 0 aliphatic carbocycles. The minimum Gasteiger partial charge on any atom is -0.502 e. The molecule has 0 aromatic heterocycles. The maximum Gasteiger partial charge on any atom is 0.317 e. The highest BCUT2D eigenvalue weighted by Gasteiger charge is 2.21. The van der Waals surface area contributed by atoms with Gasteiger partial charge in [0.1, 0.15) is 0 Å². The van der Waals surface area contributed by atoms with Crippen molar-refractivity contribution in [2.75, 3.05) is 0 Å². The molecule has 0 amide bonds. The van der Waals surface area contributed by atoms with Crippen molar-refractivity contribution in [2.24, 2.45) is 0 Å². The van der Waals surface area contributed by atoms with Gasteiger partial charge < -0.3 is 5.11 Å². The molecule has 0 aliphatic rings. The van der Waals surface area contributed by atoms with E-state index in [0.29, 0.717) is 12.1 Å². The van der Waals surface area contributed by atoms with Gasteiger partial charge in [-0.3, -0.25) is 20.2 Å². The number of phenols is 1. The number of non-ortho nitro benzene ring substituents is 1. The maximum atomic E-state index is 10.5. The zero-order valence-electron chi connectivity index (χ0n) is 9.63. The van der Waals surface area contributed by atoms with Crippen LogP contribution in [0.25, 0.3) is 0 Å². The summed E-state index contributed by atoms with van der Waals surface area (Å²) in [7, 11) is 0. The van der Waals surface area contributed by atoms with Gasteiger partial charge in [0, 0.05) is 15.7 Å². The van der Waals surface area contributed by atoms with Crippen LogP contribution in [0.5, 0.6) is 5.75 Å². The second-order valence-electron chi connectivity index (χ2n) is 2.38. The molecule has 1 aromatic rings. The molecule has 0 aliphatic heterocycles. The highest BCUT2D eigenvalue weighted by Crippen LogP contribution is 2.33. The van der Waals surface area contributed by atoms with Crippen LogP contribution in [0.15, 0.2) is 12.1 Å². The first kappa shape index (κ1) is 6.30. The number of aryl methyl sites for hydroxylation is 1. The van der Waals surface area contributed by atoms with Crippen molar-refractivity contribution in [3.05, 3.63) is 37.9 Å². The molecule has 14 heavy (non-hydrogen) atoms. The molecule has 0 saturated carbocycles. The van der Waals surface area contributed by atoms with Crippen molar-refractivity contribution in [2.45, 2.75) is 6.85 Å². The summed E-state index contributed by atoms with van der Waals surface area (Å²) < 4.78 is 21.1. The zero-order valence-corrected chi connectivity index (χ0v) is 6.63. The van der Waals surface area contributed by atoms with Gasteiger partial charge in [-0.2, -0.15) is 0 Å². The number of nitrogens with zero attached hydrogens (tertiary/aromatic N) is 2. The molecule has 0 radical (unpaired) electrons. The molecule has 1 rings (SSSR count). The topological polar surface area (TPSA) is 107 Å². The third kappa shape index (κ3) is 1.60. The second kappa shape index (κ2) is 3.29. The number of aromatic hydroxyl groups is 1. The molecule has 1 aromatic carbocycles. The van der Waals surface area contributed by atoms with Gasteiger partial charge in [-0.15, -0.1) is 0 Å². The summed E-state index contributed by atoms with van der Waals surface area (Å²) in [6.07, 6.45) is 0. The largest absolute Gasteiger partial charge is 0.502 e. The molecule has 7 nitrogen and oxygen atoms in total. The number of benzene rings is 1. The SMILES string of the molecule is [2H]C([2H])([2H])c1cc([N+](=O)[O-])cc([N+](=O)[O-])c1O. The van der Waals surface area contributed by atoms with E-state index in [-0.39, 0.29) is 0 Å². The Morgan fingerprint density at radius 1 is 1.36 bits per heavy atom. The van der Waals surface area contributed by atoms with E-state index in [0.717, 1.165) is 0 Å². The van der Waals surface area contributed by atoms with E-state index in [1.54, 1.807) is 0 Å². The van der Waals surface area contributed by atoms with Crippen molar-refractivity contribution < 1.29 is 19.1 Å². The quantitative estimate of drug-likeness (QED) is 0.576. The number of nitro groups is 2. The number of hydrogen-bond acceptors (Lipinski definition) is 5. The zero-order chi connectivity index (χ0) is 13.4. The van der Waals surface area contributed by atoms with Crippen LogP contribution in [0.3, 0.4) is 0 Å². The van der Waals surface area contributed by atoms with Crippen LogP contribution in [0, 0.1) is 27.1 Å². The highest BCUT2D eigenvalue weighted by molar-refractivity contribution is 5.57. The van der Waals surface area contributed by atoms with Gasteiger partial charge in [-0.05, 0) is 6.85 Å². The predicted molar refractivity (Wildman–Crippen MR) is 46.2 cm³/mol. The summed E-state index contributed by atoms with van der Waals surface area (Å²) in [6.45, 7) is -2.87. The maximum absolute atomic E-state index is 10.5. The number of nitro benzene ring substituents is 2. The van der Waals surface area contributed by atoms with Crippen molar-refractivity contribution in [3.63, 3.8) is 0 Å². The average molecular weight is 201 g/mol. The Kier molecular flexibility index (Phi) is 1.48. The van der Waals surface area contributed by atoms with Crippen LogP contribution < -0.4 is 0 Å². The summed E-state index contributed by atoms with van der Waals surface area (Å²) in [5.41, 5.74) is -2.59. The molecule has 1 N–H and O–H groups in total. The fourth-order valence-electron chi connectivity index (χ4n) is 0.849. The lowest BCUT2D eigenvalue weighted by molar-refractivity contribution is -0.394. The van der Waals surface area contributed by atoms with Crippen LogP contribution in [0.2, 0.25) is 0 Å². The molecular formula is C7H6N2O5. The Morgan fingerprint density at radius 3 is 2.43 bits per heavy atom. The molecule has 0 bridgehead atoms. The highest BCUT2D eigenvalue weighted by atomic mass is 16.6. The number of rotatable bonds is 2. The Balaban J connectivity index is 3.60. The van der Waals surface area contributed by atoms with E-state index in [9.17, 15) is 25.3 Å². The van der Waals surface area contributed by atoms with Crippen LogP contribution in [0.1, 0.15) is 9.68 Å². The summed E-state index contributed by atoms with van der Waals surface area (Å²) in [5, 5.41) is 30.4. The molecule has 0 fully saturated rings. The van der Waals surface area contributed by atoms with E-state index >= 15 is 0 Å². The van der Waals surface area contributed by atoms with Crippen LogP contribution >= 0.6 is 0 Å². The van der Waals surface area contributed by atoms with E-state index in [2.05, 4.69) is 0 Å². The summed E-state index contributed by atoms with van der Waals surface area (Å²) >= 11 is 0. The summed E-state index contributed by atoms with van der Waals surface area (Å²) in [4.78, 5) is 18.9. The van der Waals surface area contributed by atoms with Gasteiger partial charge in [0.15, 0.2) is 5.75 Å². The Hall–Kier alpha value is -2.18. The molecular weight excluding hydrogens is 192 g/mol. The Labute approximate surface area is 82.1 Å². The first-order valence-electron chi connectivity index (χ1n) is 4.81. The molecule has 74 valence electrons. The van der Waals surface area contributed by atoms with Crippen molar-refractivity contribution in [3.8, 4) is 5.75 Å². The lowest BCUT2D eigenvalue weighted by atomic mass is 10.1. The number of hydrogen-bond donors (Lipinski definition) is 1. The minimum atomic E-state index is -2.87. The van der Waals surface area contributed by atoms with Gasteiger partial charge in [0.05, 0.1) is 15.9 Å². The van der Waals surface area contributed by atoms with Gasteiger partial charge in [0.2, 0.25) is 0 Å². The van der Waals surface area contributed by atoms with E-state index < -0.39 is 39.4 Å². The van der Waals surface area contributed by atoms with Gasteiger partial charge in [0.25, 0.3) is 5.69 Å². The second-order valence-corrected chi connectivity index (χ2v) is 2.38. The van der Waals surface area contributed by atoms with E-state index in [1.807, 2.05) is 0 Å². The standard InChI is InChI=1S/C7H6N2O5/c1-4-2-5(8(11)12)3-6(7(4)10)9(13)14/h2-3,10H,1H3/i1D3. The monoisotopic (exact) mass is 201 g/mol. The van der Waals surface area contributed by atoms with Crippen molar-refractivity contribution in [1.82, 2.24) is 0 Å². The van der Waals surface area contributed by atoms with Crippen molar-refractivity contribution in [1.29, 1.82) is 0 Å². The Bertz CT molecular complexity index is 499. The van der Waals surface area contributed by atoms with Crippen molar-refractivity contribution >= 4 is 11.4 Å². The lowest BCUT2D eigenvalue weighted by Crippen LogP contribution is -1.94. The Morgan fingerprint density at radius 2 is 2.00 bits per heavy atom. The average Bonchev–Trinajstić information content (AvgIpc) is 2.15. The number of phenolic OH excluding ortho intramolecular Hbond substituents is 1. The van der Waals surface area contributed by atoms with Crippen LogP contribution in [-0.4, -0.2) is 15.0 Å². The van der Waals surface area contributed by atoms with E-state index in [1.165, 1.54) is 0 Å². The smallest absolute Gasteiger partial charge is 0.317 e. The normalized spacial score (nSPS) is 13.9. The predicted octanol–water partition coefficient (Wildman–Crippen LogP) is 1.52. The molecule has 7 heteroatoms. The minimum absolute atomic E-state index is 0.505. The fraction of sp³-hybridized carbons (Fsp3) is 0.143. The van der Waals surface area contributed by atoms with Crippen LogP contribution in [-0.2, 0) is 0 Å². The van der Waals surface area contributed by atoms with Gasteiger partial charge in [-0.25, -0.2) is 0 Å². The summed E-state index contributed by atoms with van der Waals surface area (Å²) in [6, 6.07) is 1.10. The third-order valence-electron chi connectivity index (χ3n) is 1.48. The molecule has 0 unspecified atom stereocenters. The first-order chi connectivity index (χ1) is 7.64. The molecule has 0 saturated heterocycles. The molecule has 0 atom stereocenters. The molecule has 0 spiro atoms. The van der Waals surface area contributed by atoms with Crippen LogP contribution in [0.4, 0.5) is 11.4 Å². The van der Waals surface area contributed by atoms with E-state index in [4.69, 9.17) is 4.11 Å². The molecule has 0 heterocycles. The lowest BCUT2D eigenvalue weighted by Gasteiger charge is -1.99. The summed E-state index contributed by atoms with van der Waals surface area (Å²) in [5.74, 6) is -1.08. The van der Waals surface area contributed by atoms with Gasteiger partial charge >= 0.3 is 5.69 Å². The third-order valence-corrected chi connectivity index (χ3v) is 1.48. The first-order valence-corrected chi connectivity index (χ1v) is 3.31. The fourth-order valence-corrected chi connectivity index (χ4v) is 0.849. The van der Waals surface area contributed by atoms with Gasteiger partial charge in [-0.1, -0.05) is 0 Å².